The number of ether oxygens (including phenoxy) is 1. The van der Waals surface area contributed by atoms with Gasteiger partial charge in [0.05, 0.1) is 21.8 Å². The number of halogens is 1. The van der Waals surface area contributed by atoms with Crippen LogP contribution in [-0.4, -0.2) is 53.5 Å². The number of fused-ring (bicyclic) bond motifs is 1. The number of benzene rings is 1. The van der Waals surface area contributed by atoms with Crippen molar-refractivity contribution in [3.63, 3.8) is 0 Å². The first-order valence-corrected chi connectivity index (χ1v) is 13.5. The highest BCUT2D eigenvalue weighted by Crippen LogP contribution is 2.26. The number of hydrogen-bond acceptors (Lipinski definition) is 9. The number of hydrogen-bond donors (Lipinski definition) is 1. The van der Waals surface area contributed by atoms with Crippen molar-refractivity contribution in [2.24, 2.45) is 4.99 Å². The van der Waals surface area contributed by atoms with Crippen molar-refractivity contribution in [1.82, 2.24) is 14.5 Å². The first kappa shape index (κ1) is 24.1. The fourth-order valence-corrected chi connectivity index (χ4v) is 6.56. The van der Waals surface area contributed by atoms with Crippen molar-refractivity contribution in [3.05, 3.63) is 85.0 Å². The van der Waals surface area contributed by atoms with Crippen molar-refractivity contribution in [2.75, 3.05) is 18.9 Å². The maximum absolute atomic E-state index is 13.1. The van der Waals surface area contributed by atoms with Crippen LogP contribution in [0.1, 0.15) is 11.1 Å². The lowest BCUT2D eigenvalue weighted by molar-refractivity contribution is -0.116. The van der Waals surface area contributed by atoms with Crippen LogP contribution in [0, 0.1) is 0 Å². The summed E-state index contributed by atoms with van der Waals surface area (Å²) in [6.07, 6.45) is 1.15. The molecule has 5 rings (SSSR count). The lowest BCUT2D eigenvalue weighted by Gasteiger charge is -2.08. The van der Waals surface area contributed by atoms with Gasteiger partial charge in [0, 0.05) is 18.2 Å². The summed E-state index contributed by atoms with van der Waals surface area (Å²) in [5, 5.41) is 0.275. The highest BCUT2D eigenvalue weighted by atomic mass is 35.5. The normalized spacial score (nSPS) is 13.5. The van der Waals surface area contributed by atoms with Gasteiger partial charge in [-0.25, -0.2) is 27.8 Å². The Morgan fingerprint density at radius 3 is 2.67 bits per heavy atom. The van der Waals surface area contributed by atoms with Crippen LogP contribution in [-0.2, 0) is 25.8 Å². The third-order valence-electron chi connectivity index (χ3n) is 5.38. The van der Waals surface area contributed by atoms with Gasteiger partial charge in [0.2, 0.25) is 5.90 Å². The van der Waals surface area contributed by atoms with Gasteiger partial charge in [-0.1, -0.05) is 17.7 Å². The SMILES string of the molecule is O=C(Cc1ccc(-n2c(=O)[nH]c3cc(C4=NCCO4)ccc3c2=O)nc1)CS(=O)(=O)c1ccc(Cl)s1. The number of nitrogens with one attached hydrogen (secondary N) is 1. The number of pyridine rings is 1. The monoisotopic (exact) mass is 544 g/mol. The van der Waals surface area contributed by atoms with Crippen LogP contribution in [0.3, 0.4) is 0 Å². The highest BCUT2D eigenvalue weighted by molar-refractivity contribution is 7.94. The molecule has 0 amide bonds. The van der Waals surface area contributed by atoms with E-state index in [2.05, 4.69) is 15.0 Å². The molecular weight excluding hydrogens is 528 g/mol. The molecule has 184 valence electrons. The standard InChI is InChI=1S/C23H17ClN4O6S2/c24-18-4-6-20(35-18)36(32,33)12-15(29)9-13-1-5-19(26-11-13)28-22(30)16-3-2-14(21-25-7-8-34-21)10-17(16)27-23(28)31/h1-6,10-11H,7-9,12H2,(H,27,31). The average molecular weight is 545 g/mol. The maximum Gasteiger partial charge on any atom is 0.334 e. The second-order valence-electron chi connectivity index (χ2n) is 7.92. The maximum atomic E-state index is 13.1. The van der Waals surface area contributed by atoms with Crippen molar-refractivity contribution < 1.29 is 17.9 Å². The quantitative estimate of drug-likeness (QED) is 0.376. The number of carbonyl (C=O) groups excluding carboxylic acids is 1. The number of aliphatic imine (C=N–C) groups is 1. The van der Waals surface area contributed by atoms with Crippen LogP contribution in [0.15, 0.2) is 67.5 Å². The molecule has 3 aromatic heterocycles. The third kappa shape index (κ3) is 4.74. The smallest absolute Gasteiger partial charge is 0.334 e. The van der Waals surface area contributed by atoms with E-state index in [1.54, 1.807) is 18.2 Å². The lowest BCUT2D eigenvalue weighted by atomic mass is 10.1. The van der Waals surface area contributed by atoms with E-state index in [0.717, 1.165) is 15.9 Å². The number of rotatable bonds is 7. The largest absolute Gasteiger partial charge is 0.476 e. The van der Waals surface area contributed by atoms with E-state index in [4.69, 9.17) is 16.3 Å². The van der Waals surface area contributed by atoms with Crippen LogP contribution in [0.25, 0.3) is 16.7 Å². The van der Waals surface area contributed by atoms with Crippen molar-refractivity contribution in [2.45, 2.75) is 10.6 Å². The summed E-state index contributed by atoms with van der Waals surface area (Å²) in [4.78, 5) is 49.2. The number of Topliss-reactive ketones (excluding diaryl/α,β-unsaturated/α-hetero) is 1. The summed E-state index contributed by atoms with van der Waals surface area (Å²) in [6, 6.07) is 10.7. The van der Waals surface area contributed by atoms with Crippen LogP contribution in [0.4, 0.5) is 0 Å². The van der Waals surface area contributed by atoms with Crippen LogP contribution >= 0.6 is 22.9 Å². The zero-order valence-electron chi connectivity index (χ0n) is 18.4. The van der Waals surface area contributed by atoms with E-state index in [0.29, 0.717) is 40.0 Å². The van der Waals surface area contributed by atoms with E-state index < -0.39 is 32.6 Å². The third-order valence-corrected chi connectivity index (χ3v) is 8.86. The molecule has 1 N–H and O–H groups in total. The van der Waals surface area contributed by atoms with Crippen LogP contribution < -0.4 is 11.2 Å². The molecule has 0 aliphatic carbocycles. The molecule has 0 unspecified atom stereocenters. The highest BCUT2D eigenvalue weighted by Gasteiger charge is 2.22. The fourth-order valence-electron chi connectivity index (χ4n) is 3.75. The molecule has 1 aromatic carbocycles. The Kier molecular flexibility index (Phi) is 6.33. The van der Waals surface area contributed by atoms with Gasteiger partial charge < -0.3 is 9.72 Å². The van der Waals surface area contributed by atoms with Gasteiger partial charge in [-0.15, -0.1) is 11.3 Å². The van der Waals surface area contributed by atoms with Crippen LogP contribution in [0.2, 0.25) is 4.34 Å². The minimum atomic E-state index is -3.79. The van der Waals surface area contributed by atoms with Gasteiger partial charge in [-0.2, -0.15) is 0 Å². The molecular formula is C23H17ClN4O6S2. The molecule has 0 atom stereocenters. The zero-order valence-corrected chi connectivity index (χ0v) is 20.8. The average Bonchev–Trinajstić information content (AvgIpc) is 3.52. The van der Waals surface area contributed by atoms with E-state index in [1.807, 2.05) is 0 Å². The summed E-state index contributed by atoms with van der Waals surface area (Å²) in [6.45, 7) is 1.04. The molecule has 1 aliphatic rings. The minimum absolute atomic E-state index is 0.0279. The predicted molar refractivity (Wildman–Crippen MR) is 135 cm³/mol. The Bertz CT molecular complexity index is 1750. The van der Waals surface area contributed by atoms with Crippen molar-refractivity contribution >= 4 is 55.4 Å². The van der Waals surface area contributed by atoms with Gasteiger partial charge in [-0.05, 0) is 42.0 Å². The molecule has 4 aromatic rings. The molecule has 0 saturated heterocycles. The second kappa shape index (κ2) is 9.45. The number of sulfone groups is 1. The van der Waals surface area contributed by atoms with Gasteiger partial charge in [0.25, 0.3) is 5.56 Å². The van der Waals surface area contributed by atoms with Gasteiger partial charge >= 0.3 is 5.69 Å². The van der Waals surface area contributed by atoms with Crippen LogP contribution in [0.5, 0.6) is 0 Å². The van der Waals surface area contributed by atoms with E-state index in [9.17, 15) is 22.8 Å². The number of ketones is 1. The summed E-state index contributed by atoms with van der Waals surface area (Å²) >= 11 is 6.68. The first-order valence-electron chi connectivity index (χ1n) is 10.6. The summed E-state index contributed by atoms with van der Waals surface area (Å²) in [5.74, 6) is -0.676. The van der Waals surface area contributed by atoms with E-state index in [-0.39, 0.29) is 21.8 Å². The summed E-state index contributed by atoms with van der Waals surface area (Å²) in [7, 11) is -3.79. The molecule has 1 aliphatic heterocycles. The molecule has 0 bridgehead atoms. The molecule has 0 fully saturated rings. The number of thiophene rings is 1. The van der Waals surface area contributed by atoms with E-state index in [1.165, 1.54) is 30.5 Å². The van der Waals surface area contributed by atoms with Gasteiger partial charge in [0.1, 0.15) is 22.4 Å². The molecule has 13 heteroatoms. The Morgan fingerprint density at radius 1 is 1.17 bits per heavy atom. The van der Waals surface area contributed by atoms with Gasteiger partial charge in [-0.3, -0.25) is 9.59 Å². The molecule has 10 nitrogen and oxygen atoms in total. The molecule has 4 heterocycles. The topological polar surface area (TPSA) is 141 Å². The predicted octanol–water partition coefficient (Wildman–Crippen LogP) is 2.15. The van der Waals surface area contributed by atoms with E-state index >= 15 is 0 Å². The van der Waals surface area contributed by atoms with Crippen molar-refractivity contribution in [3.8, 4) is 5.82 Å². The Labute approximate surface area is 212 Å². The van der Waals surface area contributed by atoms with Crippen molar-refractivity contribution in [1.29, 1.82) is 0 Å². The number of carbonyl (C=O) groups is 1. The Hall–Kier alpha value is -3.61. The minimum Gasteiger partial charge on any atom is -0.476 e. The fraction of sp³-hybridized carbons (Fsp3) is 0.174. The Morgan fingerprint density at radius 2 is 2.00 bits per heavy atom. The second-order valence-corrected chi connectivity index (χ2v) is 11.9. The summed E-state index contributed by atoms with van der Waals surface area (Å²) < 4.78 is 31.4. The molecule has 0 saturated carbocycles. The number of aromatic amines is 1. The summed E-state index contributed by atoms with van der Waals surface area (Å²) in [5.41, 5.74) is 0.189. The number of aromatic nitrogens is 3. The number of H-pyrrole nitrogens is 1. The van der Waals surface area contributed by atoms with Gasteiger partial charge in [0.15, 0.2) is 15.6 Å². The molecule has 36 heavy (non-hydrogen) atoms. The lowest BCUT2D eigenvalue weighted by Crippen LogP contribution is -2.34. The molecule has 0 radical (unpaired) electrons. The zero-order chi connectivity index (χ0) is 25.4. The Balaban J connectivity index is 1.37. The number of nitrogens with zero attached hydrogens (tertiary/aromatic N) is 3. The molecule has 0 spiro atoms. The first-order chi connectivity index (χ1) is 17.2.